The number of hydrogen-bond acceptors (Lipinski definition) is 4. The van der Waals surface area contributed by atoms with Gasteiger partial charge in [0, 0.05) is 5.56 Å². The average Bonchev–Trinajstić information content (AvgIpc) is 2.71. The number of amides is 2. The highest BCUT2D eigenvalue weighted by atomic mass is 16.5. The van der Waals surface area contributed by atoms with E-state index in [1.54, 1.807) is 24.3 Å². The molecule has 0 saturated heterocycles. The van der Waals surface area contributed by atoms with E-state index in [0.29, 0.717) is 29.6 Å². The van der Waals surface area contributed by atoms with E-state index in [1.165, 1.54) is 0 Å². The third-order valence-electron chi connectivity index (χ3n) is 4.16. The Labute approximate surface area is 159 Å². The predicted octanol–water partition coefficient (Wildman–Crippen LogP) is 3.44. The molecule has 0 aromatic heterocycles. The molecule has 0 fully saturated rings. The summed E-state index contributed by atoms with van der Waals surface area (Å²) in [5.41, 5.74) is 6.21. The first-order valence-corrected chi connectivity index (χ1v) is 9.08. The number of nitrogens with one attached hydrogen (secondary N) is 2. The number of carbonyl (C=O) groups is 2. The minimum atomic E-state index is -0.437. The standard InChI is InChI=1S/C21H26N2O4/c1-4-15(3)18-8-6-7-9-19(18)27-14-20(24)22-23-21(25)16-10-12-17(13-11-16)26-5-2/h6-13,15H,4-5,14H2,1-3H3,(H,22,24)(H,23,25). The Kier molecular flexibility index (Phi) is 7.67. The van der Waals surface area contributed by atoms with Crippen molar-refractivity contribution in [2.75, 3.05) is 13.2 Å². The molecule has 1 atom stereocenters. The van der Waals surface area contributed by atoms with Crippen molar-refractivity contribution in [3.8, 4) is 11.5 Å². The van der Waals surface area contributed by atoms with Crippen molar-refractivity contribution in [3.63, 3.8) is 0 Å². The normalized spacial score (nSPS) is 11.4. The fraction of sp³-hybridized carbons (Fsp3) is 0.333. The first-order chi connectivity index (χ1) is 13.0. The van der Waals surface area contributed by atoms with Crippen LogP contribution >= 0.6 is 0 Å². The van der Waals surface area contributed by atoms with E-state index in [2.05, 4.69) is 24.7 Å². The van der Waals surface area contributed by atoms with Crippen LogP contribution in [0.3, 0.4) is 0 Å². The minimum Gasteiger partial charge on any atom is -0.494 e. The smallest absolute Gasteiger partial charge is 0.276 e. The van der Waals surface area contributed by atoms with Crippen molar-refractivity contribution in [1.29, 1.82) is 0 Å². The van der Waals surface area contributed by atoms with Gasteiger partial charge < -0.3 is 9.47 Å². The van der Waals surface area contributed by atoms with E-state index >= 15 is 0 Å². The zero-order valence-electron chi connectivity index (χ0n) is 16.0. The molecule has 0 bridgehead atoms. The summed E-state index contributed by atoms with van der Waals surface area (Å²) in [6.07, 6.45) is 0.977. The molecule has 2 aromatic carbocycles. The molecule has 1 unspecified atom stereocenters. The number of carbonyl (C=O) groups excluding carboxylic acids is 2. The Balaban J connectivity index is 1.83. The van der Waals surface area contributed by atoms with Crippen LogP contribution < -0.4 is 20.3 Å². The van der Waals surface area contributed by atoms with Gasteiger partial charge in [0.25, 0.3) is 11.8 Å². The third kappa shape index (κ3) is 6.02. The van der Waals surface area contributed by atoms with Crippen molar-refractivity contribution >= 4 is 11.8 Å². The largest absolute Gasteiger partial charge is 0.494 e. The Morgan fingerprint density at radius 3 is 2.33 bits per heavy atom. The number of hydrazine groups is 1. The van der Waals surface area contributed by atoms with Gasteiger partial charge in [-0.05, 0) is 55.2 Å². The lowest BCUT2D eigenvalue weighted by Crippen LogP contribution is -2.43. The summed E-state index contributed by atoms with van der Waals surface area (Å²) < 4.78 is 11.0. The summed E-state index contributed by atoms with van der Waals surface area (Å²) in [6.45, 7) is 6.47. The number of hydrogen-bond donors (Lipinski definition) is 2. The second-order valence-electron chi connectivity index (χ2n) is 6.10. The molecule has 0 spiro atoms. The SMILES string of the molecule is CCOc1ccc(C(=O)NNC(=O)COc2ccccc2C(C)CC)cc1. The second-order valence-corrected chi connectivity index (χ2v) is 6.10. The lowest BCUT2D eigenvalue weighted by Gasteiger charge is -2.15. The molecule has 2 amide bonds. The molecular weight excluding hydrogens is 344 g/mol. The van der Waals surface area contributed by atoms with Crippen LogP contribution in [0.15, 0.2) is 48.5 Å². The monoisotopic (exact) mass is 370 g/mol. The van der Waals surface area contributed by atoms with Gasteiger partial charge in [0.1, 0.15) is 11.5 Å². The lowest BCUT2D eigenvalue weighted by molar-refractivity contribution is -0.123. The predicted molar refractivity (Wildman–Crippen MR) is 104 cm³/mol. The van der Waals surface area contributed by atoms with Crippen molar-refractivity contribution in [1.82, 2.24) is 10.9 Å². The Bertz CT molecular complexity index is 759. The quantitative estimate of drug-likeness (QED) is 0.698. The second kappa shape index (κ2) is 10.2. The molecule has 2 N–H and O–H groups in total. The summed E-state index contributed by atoms with van der Waals surface area (Å²) in [5, 5.41) is 0. The van der Waals surface area contributed by atoms with Crippen molar-refractivity contribution < 1.29 is 19.1 Å². The summed E-state index contributed by atoms with van der Waals surface area (Å²) in [7, 11) is 0. The summed E-state index contributed by atoms with van der Waals surface area (Å²) >= 11 is 0. The Morgan fingerprint density at radius 2 is 1.67 bits per heavy atom. The number of ether oxygens (including phenoxy) is 2. The van der Waals surface area contributed by atoms with Crippen LogP contribution in [-0.4, -0.2) is 25.0 Å². The van der Waals surface area contributed by atoms with E-state index in [1.807, 2.05) is 31.2 Å². The molecule has 6 heteroatoms. The number of benzene rings is 2. The third-order valence-corrected chi connectivity index (χ3v) is 4.16. The summed E-state index contributed by atoms with van der Waals surface area (Å²) in [5.74, 6) is 0.856. The van der Waals surface area contributed by atoms with Crippen LogP contribution in [0.1, 0.15) is 49.0 Å². The maximum absolute atomic E-state index is 12.1. The van der Waals surface area contributed by atoms with Crippen LogP contribution in [0.25, 0.3) is 0 Å². The Morgan fingerprint density at radius 1 is 0.963 bits per heavy atom. The van der Waals surface area contributed by atoms with Gasteiger partial charge in [0.2, 0.25) is 0 Å². The van der Waals surface area contributed by atoms with Gasteiger partial charge >= 0.3 is 0 Å². The van der Waals surface area contributed by atoms with Gasteiger partial charge in [-0.3, -0.25) is 20.4 Å². The molecule has 144 valence electrons. The number of rotatable bonds is 8. The van der Waals surface area contributed by atoms with Crippen molar-refractivity contribution in [3.05, 3.63) is 59.7 Å². The minimum absolute atomic E-state index is 0.184. The van der Waals surface area contributed by atoms with Crippen LogP contribution in [0, 0.1) is 0 Å². The van der Waals surface area contributed by atoms with Gasteiger partial charge in [-0.25, -0.2) is 0 Å². The van der Waals surface area contributed by atoms with Crippen LogP contribution in [0.5, 0.6) is 11.5 Å². The van der Waals surface area contributed by atoms with Gasteiger partial charge in [-0.15, -0.1) is 0 Å². The van der Waals surface area contributed by atoms with E-state index in [4.69, 9.17) is 9.47 Å². The molecule has 0 heterocycles. The first-order valence-electron chi connectivity index (χ1n) is 9.08. The molecule has 2 aromatic rings. The van der Waals surface area contributed by atoms with E-state index in [-0.39, 0.29) is 6.61 Å². The summed E-state index contributed by atoms with van der Waals surface area (Å²) in [6, 6.07) is 14.3. The molecule has 0 aliphatic heterocycles. The Hall–Kier alpha value is -3.02. The highest BCUT2D eigenvalue weighted by Crippen LogP contribution is 2.28. The highest BCUT2D eigenvalue weighted by Gasteiger charge is 2.12. The highest BCUT2D eigenvalue weighted by molar-refractivity contribution is 5.95. The molecule has 0 radical (unpaired) electrons. The molecule has 6 nitrogen and oxygen atoms in total. The van der Waals surface area contributed by atoms with Crippen LogP contribution in [-0.2, 0) is 4.79 Å². The topological polar surface area (TPSA) is 76.7 Å². The van der Waals surface area contributed by atoms with Gasteiger partial charge in [0.15, 0.2) is 6.61 Å². The van der Waals surface area contributed by atoms with Crippen LogP contribution in [0.4, 0.5) is 0 Å². The van der Waals surface area contributed by atoms with Crippen molar-refractivity contribution in [2.24, 2.45) is 0 Å². The zero-order valence-corrected chi connectivity index (χ0v) is 16.0. The molecule has 2 rings (SSSR count). The van der Waals surface area contributed by atoms with Gasteiger partial charge in [-0.2, -0.15) is 0 Å². The molecule has 0 aliphatic rings. The molecular formula is C21H26N2O4. The first kappa shape index (κ1) is 20.3. The van der Waals surface area contributed by atoms with Crippen molar-refractivity contribution in [2.45, 2.75) is 33.1 Å². The average molecular weight is 370 g/mol. The van der Waals surface area contributed by atoms with E-state index in [0.717, 1.165) is 12.0 Å². The molecule has 27 heavy (non-hydrogen) atoms. The maximum atomic E-state index is 12.1. The molecule has 0 saturated carbocycles. The number of para-hydroxylation sites is 1. The zero-order chi connectivity index (χ0) is 19.6. The van der Waals surface area contributed by atoms with Gasteiger partial charge in [-0.1, -0.05) is 32.0 Å². The van der Waals surface area contributed by atoms with Crippen LogP contribution in [0.2, 0.25) is 0 Å². The fourth-order valence-electron chi connectivity index (χ4n) is 2.49. The lowest BCUT2D eigenvalue weighted by atomic mass is 9.98. The van der Waals surface area contributed by atoms with Gasteiger partial charge in [0.05, 0.1) is 6.61 Å². The molecule has 0 aliphatic carbocycles. The van der Waals surface area contributed by atoms with E-state index in [9.17, 15) is 9.59 Å². The summed E-state index contributed by atoms with van der Waals surface area (Å²) in [4.78, 5) is 24.0. The maximum Gasteiger partial charge on any atom is 0.276 e. The van der Waals surface area contributed by atoms with E-state index < -0.39 is 11.8 Å². The fourth-order valence-corrected chi connectivity index (χ4v) is 2.49.